The second kappa shape index (κ2) is 5.76. The number of imidazole rings is 1. The molecule has 0 aliphatic heterocycles. The van der Waals surface area contributed by atoms with Gasteiger partial charge in [-0.25, -0.2) is 9.98 Å². The van der Waals surface area contributed by atoms with Gasteiger partial charge in [-0.2, -0.15) is 0 Å². The van der Waals surface area contributed by atoms with E-state index in [0.717, 1.165) is 17.8 Å². The van der Waals surface area contributed by atoms with Crippen LogP contribution in [-0.4, -0.2) is 31.1 Å². The Balaban J connectivity index is 2.04. The number of nitrogens with one attached hydrogen (secondary N) is 1. The Labute approximate surface area is 133 Å². The third-order valence-corrected chi connectivity index (χ3v) is 3.21. The minimum atomic E-state index is -0.902. The number of para-hydroxylation sites is 2. The Morgan fingerprint density at radius 2 is 1.92 bits per heavy atom. The summed E-state index contributed by atoms with van der Waals surface area (Å²) >= 11 is 0. The number of phenolic OH excluding ortho intramolecular Hbond substituents is 1. The summed E-state index contributed by atoms with van der Waals surface area (Å²) in [4.78, 5) is 31.1. The fraction of sp³-hybridized carbons (Fsp3) is 0. The van der Waals surface area contributed by atoms with E-state index in [1.54, 1.807) is 18.2 Å². The van der Waals surface area contributed by atoms with Gasteiger partial charge in [-0.1, -0.05) is 12.1 Å². The number of nitrogens with zero attached hydrogens (tertiary/aromatic N) is 4. The van der Waals surface area contributed by atoms with Gasteiger partial charge in [0.1, 0.15) is 0 Å². The Kier molecular flexibility index (Phi) is 3.62. The van der Waals surface area contributed by atoms with Crippen molar-refractivity contribution in [1.29, 1.82) is 0 Å². The molecule has 0 spiro atoms. The monoisotopic (exact) mass is 327 g/mol. The van der Waals surface area contributed by atoms with Crippen LogP contribution >= 0.6 is 0 Å². The van der Waals surface area contributed by atoms with Crippen LogP contribution in [0.4, 0.5) is 17.3 Å². The molecule has 2 aromatic carbocycles. The van der Waals surface area contributed by atoms with Gasteiger partial charge in [-0.15, -0.1) is 0 Å². The van der Waals surface area contributed by atoms with Crippen LogP contribution in [0.1, 0.15) is 5.56 Å². The zero-order valence-electron chi connectivity index (χ0n) is 11.9. The fourth-order valence-corrected chi connectivity index (χ4v) is 2.10. The van der Waals surface area contributed by atoms with E-state index in [1.807, 2.05) is 6.07 Å². The Morgan fingerprint density at radius 1 is 1.17 bits per heavy atom. The number of nitro groups is 2. The van der Waals surface area contributed by atoms with Crippen LogP contribution in [-0.2, 0) is 0 Å². The maximum atomic E-state index is 10.9. The van der Waals surface area contributed by atoms with E-state index in [9.17, 15) is 25.3 Å². The molecule has 0 radical (unpaired) electrons. The van der Waals surface area contributed by atoms with Crippen LogP contribution in [0.15, 0.2) is 41.4 Å². The standard InChI is InChI=1S/C14H9N5O5/c20-13-8(5-9(18(21)22)6-12(13)19(23)24)7-15-14-16-10-3-1-2-4-11(10)17-14/h1-7,20H,(H,16,17)/b15-7+. The lowest BCUT2D eigenvalue weighted by atomic mass is 10.1. The first-order chi connectivity index (χ1) is 11.5. The molecule has 120 valence electrons. The summed E-state index contributed by atoms with van der Waals surface area (Å²) < 4.78 is 0. The van der Waals surface area contributed by atoms with Crippen molar-refractivity contribution < 1.29 is 15.0 Å². The van der Waals surface area contributed by atoms with Gasteiger partial charge >= 0.3 is 5.69 Å². The molecule has 0 unspecified atom stereocenters. The number of fused-ring (bicyclic) bond motifs is 1. The van der Waals surface area contributed by atoms with Crippen LogP contribution in [0.5, 0.6) is 5.75 Å². The van der Waals surface area contributed by atoms with Crippen molar-refractivity contribution in [3.63, 3.8) is 0 Å². The first kappa shape index (κ1) is 15.1. The van der Waals surface area contributed by atoms with Crippen molar-refractivity contribution >= 4 is 34.6 Å². The highest BCUT2D eigenvalue weighted by Gasteiger charge is 2.23. The Morgan fingerprint density at radius 3 is 2.58 bits per heavy atom. The average Bonchev–Trinajstić information content (AvgIpc) is 2.96. The van der Waals surface area contributed by atoms with Gasteiger partial charge in [0.15, 0.2) is 0 Å². The fourth-order valence-electron chi connectivity index (χ4n) is 2.10. The first-order valence-corrected chi connectivity index (χ1v) is 6.60. The van der Waals surface area contributed by atoms with Gasteiger partial charge in [0.2, 0.25) is 11.7 Å². The molecular weight excluding hydrogens is 318 g/mol. The predicted molar refractivity (Wildman–Crippen MR) is 84.8 cm³/mol. The number of aromatic amines is 1. The summed E-state index contributed by atoms with van der Waals surface area (Å²) in [6.07, 6.45) is 1.08. The smallest absolute Gasteiger partial charge is 0.318 e. The molecule has 2 N–H and O–H groups in total. The minimum absolute atomic E-state index is 0.156. The van der Waals surface area contributed by atoms with Crippen LogP contribution in [0.2, 0.25) is 0 Å². The van der Waals surface area contributed by atoms with Crippen LogP contribution in [0.3, 0.4) is 0 Å². The topological polar surface area (TPSA) is 148 Å². The van der Waals surface area contributed by atoms with Gasteiger partial charge in [-0.05, 0) is 12.1 Å². The molecule has 0 aliphatic rings. The van der Waals surface area contributed by atoms with Crippen molar-refractivity contribution in [2.24, 2.45) is 4.99 Å². The van der Waals surface area contributed by atoms with Gasteiger partial charge in [-0.3, -0.25) is 20.2 Å². The van der Waals surface area contributed by atoms with Gasteiger partial charge in [0, 0.05) is 17.8 Å². The molecule has 24 heavy (non-hydrogen) atoms. The first-order valence-electron chi connectivity index (χ1n) is 6.60. The highest BCUT2D eigenvalue weighted by Crippen LogP contribution is 2.33. The largest absolute Gasteiger partial charge is 0.502 e. The van der Waals surface area contributed by atoms with Gasteiger partial charge < -0.3 is 10.1 Å². The SMILES string of the molecule is O=[N+]([O-])c1cc(/C=N/c2nc3ccccc3[nH]2)c(O)c([N+](=O)[O-])c1. The van der Waals surface area contributed by atoms with E-state index in [-0.39, 0.29) is 11.5 Å². The van der Waals surface area contributed by atoms with Crippen LogP contribution in [0.25, 0.3) is 11.0 Å². The second-order valence-corrected chi connectivity index (χ2v) is 4.75. The van der Waals surface area contributed by atoms with Crippen molar-refractivity contribution in [1.82, 2.24) is 9.97 Å². The lowest BCUT2D eigenvalue weighted by molar-refractivity contribution is -0.394. The van der Waals surface area contributed by atoms with Crippen molar-refractivity contribution in [2.75, 3.05) is 0 Å². The van der Waals surface area contributed by atoms with E-state index in [0.29, 0.717) is 11.6 Å². The van der Waals surface area contributed by atoms with Gasteiger partial charge in [0.05, 0.1) is 26.9 Å². The zero-order chi connectivity index (χ0) is 17.3. The number of benzene rings is 2. The molecule has 3 rings (SSSR count). The van der Waals surface area contributed by atoms with E-state index in [2.05, 4.69) is 15.0 Å². The van der Waals surface area contributed by atoms with E-state index in [4.69, 9.17) is 0 Å². The minimum Gasteiger partial charge on any atom is -0.502 e. The highest BCUT2D eigenvalue weighted by molar-refractivity contribution is 5.89. The number of non-ortho nitro benzene ring substituents is 1. The number of H-pyrrole nitrogens is 1. The van der Waals surface area contributed by atoms with Crippen molar-refractivity contribution in [3.8, 4) is 5.75 Å². The third kappa shape index (κ3) is 2.75. The Bertz CT molecular complexity index is 961. The molecule has 1 heterocycles. The molecule has 0 saturated carbocycles. The summed E-state index contributed by atoms with van der Waals surface area (Å²) in [7, 11) is 0. The normalized spacial score (nSPS) is 11.2. The van der Waals surface area contributed by atoms with E-state index < -0.39 is 27.0 Å². The highest BCUT2D eigenvalue weighted by atomic mass is 16.6. The third-order valence-electron chi connectivity index (χ3n) is 3.21. The maximum absolute atomic E-state index is 10.9. The van der Waals surface area contributed by atoms with E-state index >= 15 is 0 Å². The molecule has 0 bridgehead atoms. The van der Waals surface area contributed by atoms with Crippen LogP contribution in [0, 0.1) is 20.2 Å². The number of aromatic hydroxyl groups is 1. The molecule has 1 aromatic heterocycles. The number of nitro benzene ring substituents is 2. The maximum Gasteiger partial charge on any atom is 0.318 e. The molecule has 0 aliphatic carbocycles. The summed E-state index contributed by atoms with van der Waals surface area (Å²) in [5.74, 6) is -0.504. The molecule has 0 saturated heterocycles. The predicted octanol–water partition coefficient (Wildman–Crippen LogP) is 2.84. The number of hydrogen-bond acceptors (Lipinski definition) is 7. The Hall–Kier alpha value is -3.82. The average molecular weight is 327 g/mol. The molecular formula is C14H9N5O5. The summed E-state index contributed by atoms with van der Waals surface area (Å²) in [5.41, 5.74) is -0.0463. The zero-order valence-corrected chi connectivity index (χ0v) is 11.9. The molecule has 10 heteroatoms. The number of aromatic nitrogens is 2. The number of rotatable bonds is 4. The number of aliphatic imine (C=N–C) groups is 1. The number of hydrogen-bond donors (Lipinski definition) is 2. The molecule has 0 amide bonds. The number of phenols is 1. The summed E-state index contributed by atoms with van der Waals surface area (Å²) in [5, 5.41) is 31.7. The lowest BCUT2D eigenvalue weighted by Gasteiger charge is -2.00. The molecule has 0 atom stereocenters. The molecule has 10 nitrogen and oxygen atoms in total. The second-order valence-electron chi connectivity index (χ2n) is 4.75. The van der Waals surface area contributed by atoms with Crippen molar-refractivity contribution in [2.45, 2.75) is 0 Å². The van der Waals surface area contributed by atoms with E-state index in [1.165, 1.54) is 0 Å². The van der Waals surface area contributed by atoms with Crippen molar-refractivity contribution in [3.05, 3.63) is 62.2 Å². The summed E-state index contributed by atoms with van der Waals surface area (Å²) in [6, 6.07) is 8.84. The molecule has 3 aromatic rings. The molecule has 0 fully saturated rings. The summed E-state index contributed by atoms with van der Waals surface area (Å²) in [6.45, 7) is 0. The van der Waals surface area contributed by atoms with Crippen LogP contribution < -0.4 is 0 Å². The van der Waals surface area contributed by atoms with Gasteiger partial charge in [0.25, 0.3) is 5.69 Å². The quantitative estimate of drug-likeness (QED) is 0.427. The lowest BCUT2D eigenvalue weighted by Crippen LogP contribution is -1.96.